The summed E-state index contributed by atoms with van der Waals surface area (Å²) in [5, 5.41) is 0. The summed E-state index contributed by atoms with van der Waals surface area (Å²) >= 11 is 1.99. The molecule has 0 N–H and O–H groups in total. The molecule has 0 spiro atoms. The minimum atomic E-state index is -1.13. The number of hydrogen-bond donors (Lipinski definition) is 0. The highest BCUT2D eigenvalue weighted by molar-refractivity contribution is 14.1. The van der Waals surface area contributed by atoms with E-state index < -0.39 is 17.5 Å². The summed E-state index contributed by atoms with van der Waals surface area (Å²) in [6.45, 7) is 3.40. The van der Waals surface area contributed by atoms with Crippen LogP contribution in [0.3, 0.4) is 0 Å². The van der Waals surface area contributed by atoms with Crippen molar-refractivity contribution in [2.24, 2.45) is 0 Å². The SMILES string of the molecule is CCCCN(c1ccc(I)cc1F)c1c(C(=O)N2CCC2)ccc(F)c1F. The van der Waals surface area contributed by atoms with Crippen LogP contribution >= 0.6 is 22.6 Å². The van der Waals surface area contributed by atoms with Crippen LogP contribution in [0.4, 0.5) is 24.5 Å². The second kappa shape index (κ2) is 8.50. The van der Waals surface area contributed by atoms with Crippen LogP contribution in [-0.2, 0) is 0 Å². The normalized spacial score (nSPS) is 13.4. The molecule has 144 valence electrons. The van der Waals surface area contributed by atoms with Gasteiger partial charge in [0.2, 0.25) is 0 Å². The van der Waals surface area contributed by atoms with E-state index in [1.165, 1.54) is 23.1 Å². The third kappa shape index (κ3) is 4.07. The fourth-order valence-electron chi connectivity index (χ4n) is 3.04. The topological polar surface area (TPSA) is 23.6 Å². The number of likely N-dealkylation sites (tertiary alicyclic amines) is 1. The van der Waals surface area contributed by atoms with Crippen molar-refractivity contribution in [2.45, 2.75) is 26.2 Å². The van der Waals surface area contributed by atoms with Gasteiger partial charge in [-0.15, -0.1) is 0 Å². The van der Waals surface area contributed by atoms with Gasteiger partial charge in [0.05, 0.1) is 16.9 Å². The Kier molecular flexibility index (Phi) is 6.29. The van der Waals surface area contributed by atoms with E-state index in [9.17, 15) is 18.0 Å². The monoisotopic (exact) mass is 488 g/mol. The molecule has 1 aliphatic rings. The number of carbonyl (C=O) groups excluding carboxylic acids is 1. The minimum absolute atomic E-state index is 0.0580. The third-order valence-electron chi connectivity index (χ3n) is 4.65. The maximum atomic E-state index is 14.9. The maximum absolute atomic E-state index is 14.9. The first-order valence-corrected chi connectivity index (χ1v) is 10.0. The smallest absolute Gasteiger partial charge is 0.256 e. The molecule has 3 nitrogen and oxygen atoms in total. The lowest BCUT2D eigenvalue weighted by Gasteiger charge is -2.33. The first-order valence-electron chi connectivity index (χ1n) is 8.94. The highest BCUT2D eigenvalue weighted by atomic mass is 127. The Balaban J connectivity index is 2.15. The molecule has 0 unspecified atom stereocenters. The van der Waals surface area contributed by atoms with Crippen molar-refractivity contribution in [3.8, 4) is 0 Å². The van der Waals surface area contributed by atoms with E-state index >= 15 is 0 Å². The van der Waals surface area contributed by atoms with Crippen LogP contribution in [-0.4, -0.2) is 30.4 Å². The summed E-state index contributed by atoms with van der Waals surface area (Å²) in [4.78, 5) is 15.7. The standard InChI is InChI=1S/C20H20F3IN2O/c1-2-3-11-26(17-8-5-13(24)12-16(17)22)19-14(6-7-15(21)18(19)23)20(27)25-9-4-10-25/h5-8,12H,2-4,9-11H2,1H3. The minimum Gasteiger partial charge on any atom is -0.338 e. The van der Waals surface area contributed by atoms with E-state index in [4.69, 9.17) is 0 Å². The van der Waals surface area contributed by atoms with Crippen molar-refractivity contribution in [1.82, 2.24) is 4.90 Å². The van der Waals surface area contributed by atoms with Crippen LogP contribution < -0.4 is 4.90 Å². The third-order valence-corrected chi connectivity index (χ3v) is 5.32. The molecule has 2 aromatic rings. The Bertz CT molecular complexity index is 855. The fourth-order valence-corrected chi connectivity index (χ4v) is 3.49. The molecule has 1 heterocycles. The maximum Gasteiger partial charge on any atom is 0.256 e. The van der Waals surface area contributed by atoms with Gasteiger partial charge in [0.1, 0.15) is 5.82 Å². The molecular formula is C20H20F3IN2O. The van der Waals surface area contributed by atoms with E-state index in [1.54, 1.807) is 11.0 Å². The van der Waals surface area contributed by atoms with E-state index in [1.807, 2.05) is 29.5 Å². The first kappa shape index (κ1) is 20.0. The van der Waals surface area contributed by atoms with Crippen LogP contribution in [0.1, 0.15) is 36.5 Å². The lowest BCUT2D eigenvalue weighted by atomic mass is 10.1. The van der Waals surface area contributed by atoms with Gasteiger partial charge in [-0.2, -0.15) is 0 Å². The number of rotatable bonds is 6. The molecule has 1 aliphatic heterocycles. The molecule has 0 saturated carbocycles. The number of anilines is 2. The molecule has 0 atom stereocenters. The lowest BCUT2D eigenvalue weighted by Crippen LogP contribution is -2.42. The van der Waals surface area contributed by atoms with Gasteiger partial charge in [-0.3, -0.25) is 4.79 Å². The largest absolute Gasteiger partial charge is 0.338 e. The van der Waals surface area contributed by atoms with Crippen molar-refractivity contribution >= 4 is 39.9 Å². The van der Waals surface area contributed by atoms with E-state index in [0.717, 1.165) is 18.9 Å². The van der Waals surface area contributed by atoms with Gasteiger partial charge in [-0.1, -0.05) is 13.3 Å². The second-order valence-electron chi connectivity index (χ2n) is 6.50. The summed E-state index contributed by atoms with van der Waals surface area (Å²) in [6, 6.07) is 6.82. The van der Waals surface area contributed by atoms with E-state index in [-0.39, 0.29) is 29.4 Å². The average Bonchev–Trinajstić information content (AvgIpc) is 2.58. The number of unbranched alkanes of at least 4 members (excludes halogenated alkanes) is 1. The zero-order valence-electron chi connectivity index (χ0n) is 14.9. The van der Waals surface area contributed by atoms with E-state index in [0.29, 0.717) is 23.1 Å². The Morgan fingerprint density at radius 3 is 2.48 bits per heavy atom. The number of carbonyl (C=O) groups is 1. The molecule has 0 aliphatic carbocycles. The van der Waals surface area contributed by atoms with Crippen molar-refractivity contribution in [2.75, 3.05) is 24.5 Å². The summed E-state index contributed by atoms with van der Waals surface area (Å²) in [7, 11) is 0. The molecule has 0 bridgehead atoms. The first-order chi connectivity index (χ1) is 12.9. The summed E-state index contributed by atoms with van der Waals surface area (Å²) in [6.07, 6.45) is 2.31. The Morgan fingerprint density at radius 2 is 1.89 bits per heavy atom. The van der Waals surface area contributed by atoms with Crippen LogP contribution in [0.25, 0.3) is 0 Å². The predicted molar refractivity (Wildman–Crippen MR) is 108 cm³/mol. The molecule has 3 rings (SSSR count). The van der Waals surface area contributed by atoms with Gasteiger partial charge < -0.3 is 9.80 Å². The van der Waals surface area contributed by atoms with Gasteiger partial charge in [-0.05, 0) is 65.8 Å². The second-order valence-corrected chi connectivity index (χ2v) is 7.75. The lowest BCUT2D eigenvalue weighted by molar-refractivity contribution is 0.0652. The van der Waals surface area contributed by atoms with Gasteiger partial charge in [0.25, 0.3) is 5.91 Å². The quantitative estimate of drug-likeness (QED) is 0.502. The molecule has 0 radical (unpaired) electrons. The molecule has 0 aromatic heterocycles. The van der Waals surface area contributed by atoms with Crippen molar-refractivity contribution in [3.63, 3.8) is 0 Å². The highest BCUT2D eigenvalue weighted by Gasteiger charge is 2.30. The molecule has 27 heavy (non-hydrogen) atoms. The van der Waals surface area contributed by atoms with Crippen LogP contribution in [0, 0.1) is 21.0 Å². The Labute approximate surface area is 170 Å². The summed E-state index contributed by atoms with van der Waals surface area (Å²) in [5.41, 5.74) is -0.00543. The number of hydrogen-bond acceptors (Lipinski definition) is 2. The Hall–Kier alpha value is -1.77. The number of benzene rings is 2. The molecule has 1 saturated heterocycles. The number of amides is 1. The van der Waals surface area contributed by atoms with Crippen molar-refractivity contribution < 1.29 is 18.0 Å². The highest BCUT2D eigenvalue weighted by Crippen LogP contribution is 2.36. The van der Waals surface area contributed by atoms with Crippen LogP contribution in [0.15, 0.2) is 30.3 Å². The molecule has 2 aromatic carbocycles. The molecule has 7 heteroatoms. The average molecular weight is 488 g/mol. The number of nitrogens with zero attached hydrogens (tertiary/aromatic N) is 2. The van der Waals surface area contributed by atoms with Gasteiger partial charge in [0, 0.05) is 23.2 Å². The Morgan fingerprint density at radius 1 is 1.15 bits per heavy atom. The molecular weight excluding hydrogens is 468 g/mol. The van der Waals surface area contributed by atoms with Crippen molar-refractivity contribution in [1.29, 1.82) is 0 Å². The number of halogens is 4. The zero-order chi connectivity index (χ0) is 19.6. The zero-order valence-corrected chi connectivity index (χ0v) is 17.1. The van der Waals surface area contributed by atoms with Crippen LogP contribution in [0.5, 0.6) is 0 Å². The van der Waals surface area contributed by atoms with Gasteiger partial charge in [-0.25, -0.2) is 13.2 Å². The van der Waals surface area contributed by atoms with E-state index in [2.05, 4.69) is 0 Å². The van der Waals surface area contributed by atoms with Gasteiger partial charge >= 0.3 is 0 Å². The summed E-state index contributed by atoms with van der Waals surface area (Å²) in [5.74, 6) is -3.08. The summed E-state index contributed by atoms with van der Waals surface area (Å²) < 4.78 is 44.3. The van der Waals surface area contributed by atoms with Crippen molar-refractivity contribution in [3.05, 3.63) is 56.9 Å². The predicted octanol–water partition coefficient (Wildman–Crippen LogP) is 5.49. The molecule has 1 fully saturated rings. The molecule has 1 amide bonds. The van der Waals surface area contributed by atoms with Crippen LogP contribution in [0.2, 0.25) is 0 Å². The van der Waals surface area contributed by atoms with Gasteiger partial charge in [0.15, 0.2) is 11.6 Å². The fraction of sp³-hybridized carbons (Fsp3) is 0.350.